The molecule has 116 valence electrons. The van der Waals surface area contributed by atoms with Crippen LogP contribution in [0.1, 0.15) is 10.5 Å². The Morgan fingerprint density at radius 1 is 1.18 bits per heavy atom. The molecule has 3 rings (SSSR count). The number of rotatable bonds is 6. The molecule has 0 saturated carbocycles. The maximum Gasteiger partial charge on any atom is 0.272 e. The molecule has 1 aromatic carbocycles. The highest BCUT2D eigenvalue weighted by molar-refractivity contribution is 5.94. The minimum Gasteiger partial charge on any atom is -0.394 e. The van der Waals surface area contributed by atoms with E-state index in [4.69, 9.17) is 9.84 Å². The molecule has 6 nitrogen and oxygen atoms in total. The molecule has 1 aliphatic heterocycles. The lowest BCUT2D eigenvalue weighted by Crippen LogP contribution is -2.42. The summed E-state index contributed by atoms with van der Waals surface area (Å²) in [5.41, 5.74) is 2.45. The van der Waals surface area contributed by atoms with Gasteiger partial charge in [0.05, 0.1) is 32.1 Å². The van der Waals surface area contributed by atoms with Crippen molar-refractivity contribution in [1.82, 2.24) is 14.7 Å². The van der Waals surface area contributed by atoms with E-state index in [0.29, 0.717) is 38.5 Å². The number of benzene rings is 1. The number of ether oxygens (including phenoxy) is 1. The molecule has 2 heterocycles. The lowest BCUT2D eigenvalue weighted by molar-refractivity contribution is 0.0516. The molecule has 0 fully saturated rings. The predicted octanol–water partition coefficient (Wildman–Crippen LogP) is 1.01. The van der Waals surface area contributed by atoms with Crippen LogP contribution >= 0.6 is 0 Å². The number of carbonyl (C=O) groups excluding carboxylic acids is 1. The topological polar surface area (TPSA) is 67.6 Å². The Hall–Kier alpha value is -2.18. The van der Waals surface area contributed by atoms with E-state index in [0.717, 1.165) is 11.3 Å². The monoisotopic (exact) mass is 301 g/mol. The molecule has 1 N–H and O–H groups in total. The number of aromatic nitrogens is 2. The van der Waals surface area contributed by atoms with E-state index in [2.05, 4.69) is 5.10 Å². The summed E-state index contributed by atoms with van der Waals surface area (Å²) in [4.78, 5) is 14.3. The van der Waals surface area contributed by atoms with Gasteiger partial charge in [-0.2, -0.15) is 5.10 Å². The Labute approximate surface area is 128 Å². The minimum absolute atomic E-state index is 0.00114. The van der Waals surface area contributed by atoms with Gasteiger partial charge in [0.2, 0.25) is 0 Å². The van der Waals surface area contributed by atoms with E-state index >= 15 is 0 Å². The molecule has 0 unspecified atom stereocenters. The normalized spacial score (nSPS) is 14.2. The van der Waals surface area contributed by atoms with Crippen molar-refractivity contribution >= 4 is 5.91 Å². The first-order valence-electron chi connectivity index (χ1n) is 7.41. The zero-order chi connectivity index (χ0) is 15.4. The number of carbonyl (C=O) groups is 1. The summed E-state index contributed by atoms with van der Waals surface area (Å²) >= 11 is 0. The second kappa shape index (κ2) is 6.72. The van der Waals surface area contributed by atoms with Crippen molar-refractivity contribution in [3.63, 3.8) is 0 Å². The highest BCUT2D eigenvalue weighted by Crippen LogP contribution is 2.21. The fourth-order valence-electron chi connectivity index (χ4n) is 2.54. The molecule has 1 aromatic heterocycles. The minimum atomic E-state index is -0.0199. The van der Waals surface area contributed by atoms with E-state index < -0.39 is 0 Å². The summed E-state index contributed by atoms with van der Waals surface area (Å²) in [5, 5.41) is 13.2. The number of aliphatic hydroxyl groups is 1. The standard InChI is InChI=1S/C16H19N3O3/c20-9-11-22-10-8-18-6-7-19-15(16(18)21)12-14(17-19)13-4-2-1-3-5-13/h1-5,12,20H,6-11H2. The van der Waals surface area contributed by atoms with E-state index in [1.165, 1.54) is 0 Å². The van der Waals surface area contributed by atoms with Crippen LogP contribution in [0.4, 0.5) is 0 Å². The van der Waals surface area contributed by atoms with Gasteiger partial charge in [-0.25, -0.2) is 0 Å². The summed E-state index contributed by atoms with van der Waals surface area (Å²) < 4.78 is 7.00. The highest BCUT2D eigenvalue weighted by atomic mass is 16.5. The molecule has 1 aliphatic rings. The number of hydrogen-bond acceptors (Lipinski definition) is 4. The Morgan fingerprint density at radius 3 is 2.77 bits per heavy atom. The summed E-state index contributed by atoms with van der Waals surface area (Å²) in [5.74, 6) is -0.0199. The quantitative estimate of drug-likeness (QED) is 0.809. The van der Waals surface area contributed by atoms with Crippen LogP contribution in [-0.2, 0) is 11.3 Å². The van der Waals surface area contributed by atoms with E-state index in [-0.39, 0.29) is 12.5 Å². The van der Waals surface area contributed by atoms with Crippen molar-refractivity contribution in [3.8, 4) is 11.3 Å². The number of fused-ring (bicyclic) bond motifs is 1. The van der Waals surface area contributed by atoms with Gasteiger partial charge >= 0.3 is 0 Å². The molecular formula is C16H19N3O3. The van der Waals surface area contributed by atoms with Gasteiger partial charge in [-0.15, -0.1) is 0 Å². The fourth-order valence-corrected chi connectivity index (χ4v) is 2.54. The average molecular weight is 301 g/mol. The van der Waals surface area contributed by atoms with Crippen LogP contribution in [-0.4, -0.2) is 58.6 Å². The Bertz CT molecular complexity index is 639. The summed E-state index contributed by atoms with van der Waals surface area (Å²) in [6.45, 7) is 2.59. The lowest BCUT2D eigenvalue weighted by atomic mass is 10.1. The van der Waals surface area contributed by atoms with Crippen molar-refractivity contribution in [3.05, 3.63) is 42.1 Å². The Morgan fingerprint density at radius 2 is 2.00 bits per heavy atom. The van der Waals surface area contributed by atoms with Crippen molar-refractivity contribution in [2.75, 3.05) is 32.9 Å². The van der Waals surface area contributed by atoms with Gasteiger partial charge in [0.25, 0.3) is 5.91 Å². The van der Waals surface area contributed by atoms with Crippen LogP contribution in [0.5, 0.6) is 0 Å². The zero-order valence-corrected chi connectivity index (χ0v) is 12.3. The molecule has 0 saturated heterocycles. The second-order valence-electron chi connectivity index (χ2n) is 5.13. The van der Waals surface area contributed by atoms with Gasteiger partial charge in [0.1, 0.15) is 5.69 Å². The van der Waals surface area contributed by atoms with Gasteiger partial charge in [0.15, 0.2) is 0 Å². The second-order valence-corrected chi connectivity index (χ2v) is 5.13. The summed E-state index contributed by atoms with van der Waals surface area (Å²) in [6, 6.07) is 11.7. The van der Waals surface area contributed by atoms with Gasteiger partial charge in [-0.05, 0) is 6.07 Å². The van der Waals surface area contributed by atoms with E-state index in [1.54, 1.807) is 9.58 Å². The third-order valence-corrected chi connectivity index (χ3v) is 3.68. The van der Waals surface area contributed by atoms with Crippen LogP contribution in [0.2, 0.25) is 0 Å². The SMILES string of the molecule is O=C1c2cc(-c3ccccc3)nn2CCN1CCOCCO. The third kappa shape index (κ3) is 3.03. The van der Waals surface area contributed by atoms with Gasteiger partial charge in [0, 0.05) is 18.7 Å². The fraction of sp³-hybridized carbons (Fsp3) is 0.375. The van der Waals surface area contributed by atoms with Crippen LogP contribution in [0.25, 0.3) is 11.3 Å². The Balaban J connectivity index is 1.72. The van der Waals surface area contributed by atoms with Gasteiger partial charge in [-0.3, -0.25) is 9.48 Å². The van der Waals surface area contributed by atoms with E-state index in [9.17, 15) is 4.79 Å². The molecule has 0 bridgehead atoms. The molecule has 0 spiro atoms. The van der Waals surface area contributed by atoms with Crippen LogP contribution in [0.3, 0.4) is 0 Å². The molecule has 22 heavy (non-hydrogen) atoms. The average Bonchev–Trinajstić information content (AvgIpc) is 2.99. The van der Waals surface area contributed by atoms with Crippen LogP contribution in [0, 0.1) is 0 Å². The summed E-state index contributed by atoms with van der Waals surface area (Å²) in [6.07, 6.45) is 0. The first-order valence-corrected chi connectivity index (χ1v) is 7.41. The maximum atomic E-state index is 12.5. The van der Waals surface area contributed by atoms with E-state index in [1.807, 2.05) is 36.4 Å². The first kappa shape index (κ1) is 14.7. The molecule has 2 aromatic rings. The van der Waals surface area contributed by atoms with Crippen molar-refractivity contribution in [2.45, 2.75) is 6.54 Å². The molecular weight excluding hydrogens is 282 g/mol. The smallest absolute Gasteiger partial charge is 0.272 e. The predicted molar refractivity (Wildman–Crippen MR) is 81.5 cm³/mol. The summed E-state index contributed by atoms with van der Waals surface area (Å²) in [7, 11) is 0. The number of nitrogens with zero attached hydrogens (tertiary/aromatic N) is 3. The van der Waals surface area contributed by atoms with Crippen molar-refractivity contribution < 1.29 is 14.6 Å². The number of aliphatic hydroxyl groups excluding tert-OH is 1. The molecule has 6 heteroatoms. The molecule has 1 amide bonds. The van der Waals surface area contributed by atoms with Crippen molar-refractivity contribution in [1.29, 1.82) is 0 Å². The number of amides is 1. The van der Waals surface area contributed by atoms with Crippen LogP contribution in [0.15, 0.2) is 36.4 Å². The number of hydrogen-bond donors (Lipinski definition) is 1. The van der Waals surface area contributed by atoms with Crippen molar-refractivity contribution in [2.24, 2.45) is 0 Å². The zero-order valence-electron chi connectivity index (χ0n) is 12.3. The molecule has 0 aliphatic carbocycles. The molecule has 0 radical (unpaired) electrons. The largest absolute Gasteiger partial charge is 0.394 e. The lowest BCUT2D eigenvalue weighted by Gasteiger charge is -2.27. The van der Waals surface area contributed by atoms with Gasteiger partial charge in [-0.1, -0.05) is 30.3 Å². The third-order valence-electron chi connectivity index (χ3n) is 3.68. The van der Waals surface area contributed by atoms with Gasteiger partial charge < -0.3 is 14.7 Å². The van der Waals surface area contributed by atoms with Crippen LogP contribution < -0.4 is 0 Å². The maximum absolute atomic E-state index is 12.5. The highest BCUT2D eigenvalue weighted by Gasteiger charge is 2.26. The molecule has 0 atom stereocenters. The first-order chi connectivity index (χ1) is 10.8. The Kier molecular flexibility index (Phi) is 4.50.